The Morgan fingerprint density at radius 2 is 1.69 bits per heavy atom. The molecule has 0 aliphatic carbocycles. The molecule has 2 amide bonds. The molecule has 6 nitrogen and oxygen atoms in total. The Hall–Kier alpha value is -2.80. The van der Waals surface area contributed by atoms with Crippen molar-refractivity contribution in [2.45, 2.75) is 25.5 Å². The molecule has 1 N–H and O–H groups in total. The highest BCUT2D eigenvalue weighted by Gasteiger charge is 2.23. The van der Waals surface area contributed by atoms with E-state index in [1.54, 1.807) is 19.2 Å². The standard InChI is InChI=1S/C22H27FN2O4/c1-27-19-6-2-17(3-7-19)16-24-22(26)25-12-10-21(11-13-25)29-15-14-28-20-8-4-18(23)5-9-20/h2-9,21H,10-16H2,1H3,(H,24,26). The third-order valence-corrected chi connectivity index (χ3v) is 4.85. The second kappa shape index (κ2) is 10.7. The first kappa shape index (κ1) is 20.9. The normalized spacial score (nSPS) is 14.5. The minimum atomic E-state index is -0.284. The molecule has 1 aliphatic heterocycles. The predicted molar refractivity (Wildman–Crippen MR) is 108 cm³/mol. The molecule has 0 unspecified atom stereocenters. The summed E-state index contributed by atoms with van der Waals surface area (Å²) in [6.07, 6.45) is 1.72. The summed E-state index contributed by atoms with van der Waals surface area (Å²) in [5.74, 6) is 1.14. The van der Waals surface area contributed by atoms with Crippen LogP contribution in [0.1, 0.15) is 18.4 Å². The van der Waals surface area contributed by atoms with E-state index in [2.05, 4.69) is 5.32 Å². The molecule has 0 aromatic heterocycles. The zero-order chi connectivity index (χ0) is 20.5. The SMILES string of the molecule is COc1ccc(CNC(=O)N2CCC(OCCOc3ccc(F)cc3)CC2)cc1. The number of hydrogen-bond acceptors (Lipinski definition) is 4. The minimum absolute atomic E-state index is 0.0566. The number of piperidine rings is 1. The number of amides is 2. The van der Waals surface area contributed by atoms with E-state index < -0.39 is 0 Å². The van der Waals surface area contributed by atoms with Crippen molar-refractivity contribution in [2.75, 3.05) is 33.4 Å². The van der Waals surface area contributed by atoms with Crippen molar-refractivity contribution in [3.8, 4) is 11.5 Å². The first-order valence-corrected chi connectivity index (χ1v) is 9.80. The van der Waals surface area contributed by atoms with Gasteiger partial charge < -0.3 is 24.4 Å². The van der Waals surface area contributed by atoms with Crippen molar-refractivity contribution in [1.82, 2.24) is 10.2 Å². The Morgan fingerprint density at radius 3 is 2.34 bits per heavy atom. The molecular weight excluding hydrogens is 375 g/mol. The van der Waals surface area contributed by atoms with E-state index in [9.17, 15) is 9.18 Å². The van der Waals surface area contributed by atoms with Crippen LogP contribution in [0.4, 0.5) is 9.18 Å². The summed E-state index contributed by atoms with van der Waals surface area (Å²) in [6.45, 7) is 2.69. The molecule has 1 aliphatic rings. The van der Waals surface area contributed by atoms with Gasteiger partial charge in [0, 0.05) is 19.6 Å². The van der Waals surface area contributed by atoms with E-state index in [4.69, 9.17) is 14.2 Å². The van der Waals surface area contributed by atoms with Crippen molar-refractivity contribution >= 4 is 6.03 Å². The van der Waals surface area contributed by atoms with E-state index in [0.717, 1.165) is 24.2 Å². The van der Waals surface area contributed by atoms with Gasteiger partial charge in [0.25, 0.3) is 0 Å². The summed E-state index contributed by atoms with van der Waals surface area (Å²) in [6, 6.07) is 13.5. The molecule has 29 heavy (non-hydrogen) atoms. The highest BCUT2D eigenvalue weighted by molar-refractivity contribution is 5.74. The van der Waals surface area contributed by atoms with Crippen LogP contribution in [0.2, 0.25) is 0 Å². The number of rotatable bonds is 8. The molecule has 2 aromatic rings. The van der Waals surface area contributed by atoms with E-state index >= 15 is 0 Å². The number of nitrogens with one attached hydrogen (secondary N) is 1. The highest BCUT2D eigenvalue weighted by atomic mass is 19.1. The van der Waals surface area contributed by atoms with Crippen LogP contribution in [-0.2, 0) is 11.3 Å². The van der Waals surface area contributed by atoms with Crippen molar-refractivity contribution in [3.63, 3.8) is 0 Å². The number of ether oxygens (including phenoxy) is 3. The van der Waals surface area contributed by atoms with Crippen LogP contribution >= 0.6 is 0 Å². The molecule has 1 saturated heterocycles. The van der Waals surface area contributed by atoms with Gasteiger partial charge in [-0.15, -0.1) is 0 Å². The largest absolute Gasteiger partial charge is 0.497 e. The lowest BCUT2D eigenvalue weighted by Gasteiger charge is -2.32. The molecule has 156 valence electrons. The fourth-order valence-electron chi connectivity index (χ4n) is 3.16. The Bertz CT molecular complexity index is 759. The Balaban J connectivity index is 1.30. The van der Waals surface area contributed by atoms with Gasteiger partial charge in [-0.3, -0.25) is 0 Å². The summed E-state index contributed by atoms with van der Waals surface area (Å²) in [5.41, 5.74) is 1.03. The topological polar surface area (TPSA) is 60.0 Å². The van der Waals surface area contributed by atoms with Gasteiger partial charge in [-0.05, 0) is 54.8 Å². The molecule has 1 fully saturated rings. The number of carbonyl (C=O) groups is 1. The van der Waals surface area contributed by atoms with Crippen LogP contribution in [0, 0.1) is 5.82 Å². The predicted octanol–water partition coefficient (Wildman–Crippen LogP) is 3.60. The molecule has 2 aromatic carbocycles. The van der Waals surface area contributed by atoms with Gasteiger partial charge in [0.15, 0.2) is 0 Å². The van der Waals surface area contributed by atoms with Crippen LogP contribution in [0.15, 0.2) is 48.5 Å². The lowest BCUT2D eigenvalue weighted by molar-refractivity contribution is 0.00186. The van der Waals surface area contributed by atoms with Gasteiger partial charge in [0.1, 0.15) is 23.9 Å². The maximum Gasteiger partial charge on any atom is 0.317 e. The lowest BCUT2D eigenvalue weighted by atomic mass is 10.1. The average molecular weight is 402 g/mol. The monoisotopic (exact) mass is 402 g/mol. The van der Waals surface area contributed by atoms with Crippen LogP contribution in [0.25, 0.3) is 0 Å². The van der Waals surface area contributed by atoms with Crippen molar-refractivity contribution < 1.29 is 23.4 Å². The molecular formula is C22H27FN2O4. The van der Waals surface area contributed by atoms with Gasteiger partial charge in [0.05, 0.1) is 19.8 Å². The van der Waals surface area contributed by atoms with Crippen LogP contribution < -0.4 is 14.8 Å². The fraction of sp³-hybridized carbons (Fsp3) is 0.409. The zero-order valence-corrected chi connectivity index (χ0v) is 16.6. The number of urea groups is 1. The highest BCUT2D eigenvalue weighted by Crippen LogP contribution is 2.15. The van der Waals surface area contributed by atoms with Crippen LogP contribution in [0.3, 0.4) is 0 Å². The van der Waals surface area contributed by atoms with E-state index in [0.29, 0.717) is 38.6 Å². The van der Waals surface area contributed by atoms with Crippen LogP contribution in [-0.4, -0.2) is 50.4 Å². The molecule has 0 bridgehead atoms. The number of benzene rings is 2. The number of hydrogen-bond donors (Lipinski definition) is 1. The first-order chi connectivity index (χ1) is 14.1. The third-order valence-electron chi connectivity index (χ3n) is 4.85. The van der Waals surface area contributed by atoms with Crippen molar-refractivity contribution in [1.29, 1.82) is 0 Å². The molecule has 0 atom stereocenters. The second-order valence-corrected chi connectivity index (χ2v) is 6.87. The number of halogens is 1. The quantitative estimate of drug-likeness (QED) is 0.686. The number of carbonyl (C=O) groups excluding carboxylic acids is 1. The summed E-state index contributed by atoms with van der Waals surface area (Å²) < 4.78 is 29.3. The molecule has 0 saturated carbocycles. The summed E-state index contributed by atoms with van der Waals surface area (Å²) in [5, 5.41) is 2.95. The smallest absolute Gasteiger partial charge is 0.317 e. The van der Waals surface area contributed by atoms with Gasteiger partial charge >= 0.3 is 6.03 Å². The molecule has 3 rings (SSSR count). The van der Waals surface area contributed by atoms with E-state index in [-0.39, 0.29) is 18.0 Å². The molecule has 0 radical (unpaired) electrons. The third kappa shape index (κ3) is 6.64. The Morgan fingerprint density at radius 1 is 1.03 bits per heavy atom. The van der Waals surface area contributed by atoms with Crippen molar-refractivity contribution in [2.24, 2.45) is 0 Å². The molecule has 7 heteroatoms. The fourth-order valence-corrected chi connectivity index (χ4v) is 3.16. The number of nitrogens with zero attached hydrogens (tertiary/aromatic N) is 1. The van der Waals surface area contributed by atoms with Crippen LogP contribution in [0.5, 0.6) is 11.5 Å². The maximum atomic E-state index is 12.9. The van der Waals surface area contributed by atoms with Gasteiger partial charge in [-0.2, -0.15) is 0 Å². The minimum Gasteiger partial charge on any atom is -0.497 e. The van der Waals surface area contributed by atoms with E-state index in [1.165, 1.54) is 12.1 Å². The first-order valence-electron chi connectivity index (χ1n) is 9.80. The number of likely N-dealkylation sites (tertiary alicyclic amines) is 1. The van der Waals surface area contributed by atoms with Crippen molar-refractivity contribution in [3.05, 3.63) is 59.9 Å². The van der Waals surface area contributed by atoms with Gasteiger partial charge in [0.2, 0.25) is 0 Å². The Labute approximate surface area is 170 Å². The summed E-state index contributed by atoms with van der Waals surface area (Å²) in [7, 11) is 1.63. The molecule has 0 spiro atoms. The number of methoxy groups -OCH3 is 1. The maximum absolute atomic E-state index is 12.9. The van der Waals surface area contributed by atoms with E-state index in [1.807, 2.05) is 29.2 Å². The summed E-state index contributed by atoms with van der Waals surface area (Å²) >= 11 is 0. The summed E-state index contributed by atoms with van der Waals surface area (Å²) in [4.78, 5) is 14.2. The van der Waals surface area contributed by atoms with Gasteiger partial charge in [-0.25, -0.2) is 9.18 Å². The second-order valence-electron chi connectivity index (χ2n) is 6.87. The molecule has 1 heterocycles. The average Bonchev–Trinajstić information content (AvgIpc) is 2.77. The lowest BCUT2D eigenvalue weighted by Crippen LogP contribution is -2.45. The zero-order valence-electron chi connectivity index (χ0n) is 16.6. The van der Waals surface area contributed by atoms with Gasteiger partial charge in [-0.1, -0.05) is 12.1 Å². The Kier molecular flexibility index (Phi) is 7.69.